The van der Waals surface area contributed by atoms with Crippen molar-refractivity contribution in [2.45, 2.75) is 44.2 Å². The number of hydrogen-bond acceptors (Lipinski definition) is 3. The van der Waals surface area contributed by atoms with Gasteiger partial charge in [0, 0.05) is 12.1 Å². The molecule has 2 bridgehead atoms. The van der Waals surface area contributed by atoms with E-state index in [0.717, 1.165) is 35.6 Å². The van der Waals surface area contributed by atoms with Crippen LogP contribution in [-0.4, -0.2) is 22.2 Å². The molecule has 7 rings (SSSR count). The molecule has 138 valence electrons. The van der Waals surface area contributed by atoms with Gasteiger partial charge in [-0.3, -0.25) is 0 Å². The molecule has 3 fully saturated rings. The number of fused-ring (bicyclic) bond motifs is 5. The number of aromatic nitrogens is 2. The Morgan fingerprint density at radius 1 is 1.07 bits per heavy atom. The van der Waals surface area contributed by atoms with Crippen molar-refractivity contribution < 1.29 is 4.74 Å². The molecular weight excluding hydrogens is 334 g/mol. The Hall–Kier alpha value is -2.49. The maximum atomic E-state index is 5.30. The number of benzene rings is 2. The van der Waals surface area contributed by atoms with E-state index in [9.17, 15) is 0 Å². The van der Waals surface area contributed by atoms with E-state index in [0.29, 0.717) is 0 Å². The maximum absolute atomic E-state index is 5.30. The smallest absolute Gasteiger partial charge is 0.204 e. The normalized spacial score (nSPS) is 28.5. The number of para-hydroxylation sites is 1. The van der Waals surface area contributed by atoms with Gasteiger partial charge in [-0.05, 0) is 54.9 Å². The Morgan fingerprint density at radius 3 is 2.59 bits per heavy atom. The molecule has 2 heterocycles. The summed E-state index contributed by atoms with van der Waals surface area (Å²) >= 11 is 0. The van der Waals surface area contributed by atoms with Crippen LogP contribution < -0.4 is 10.1 Å². The van der Waals surface area contributed by atoms with Crippen molar-refractivity contribution in [2.24, 2.45) is 11.8 Å². The zero-order valence-electron chi connectivity index (χ0n) is 15.7. The molecule has 4 heteroatoms. The number of nitrogens with zero attached hydrogens (tertiary/aromatic N) is 2. The van der Waals surface area contributed by atoms with Crippen LogP contribution in [0, 0.1) is 11.8 Å². The zero-order valence-corrected chi connectivity index (χ0v) is 15.7. The Kier molecular flexibility index (Phi) is 3.17. The highest BCUT2D eigenvalue weighted by Gasteiger charge is 2.51. The molecule has 27 heavy (non-hydrogen) atoms. The van der Waals surface area contributed by atoms with Crippen molar-refractivity contribution in [1.82, 2.24) is 9.55 Å². The van der Waals surface area contributed by atoms with E-state index in [1.54, 1.807) is 7.11 Å². The molecule has 0 radical (unpaired) electrons. The van der Waals surface area contributed by atoms with Gasteiger partial charge in [-0.2, -0.15) is 0 Å². The van der Waals surface area contributed by atoms with E-state index in [1.807, 2.05) is 12.1 Å². The standard InChI is InChI=1S/C23H25N3O/c1-27-18-11-7-16(8-12-18)19-3-2-4-20-21(19)24-22-25-23(14-26(20)22)13-15-5-9-17(23)10-6-15/h2-4,7-8,11-12,15,17H,5-6,9-10,13-14H2,1H3,(H,24,25)/t15?,17?,23-/m0/s1. The van der Waals surface area contributed by atoms with Crippen LogP contribution in [0.15, 0.2) is 42.5 Å². The number of nitrogens with one attached hydrogen (secondary N) is 1. The Morgan fingerprint density at radius 2 is 1.89 bits per heavy atom. The van der Waals surface area contributed by atoms with Crippen LogP contribution in [0.5, 0.6) is 5.75 Å². The molecule has 1 atom stereocenters. The van der Waals surface area contributed by atoms with Gasteiger partial charge in [0.25, 0.3) is 0 Å². The highest BCUT2D eigenvalue weighted by molar-refractivity contribution is 5.94. The molecule has 1 spiro atoms. The molecule has 4 aliphatic rings. The SMILES string of the molecule is COc1ccc(-c2cccc3c2nc2n3C[C@]3(CC4CCC3CC4)N2)cc1. The van der Waals surface area contributed by atoms with Gasteiger partial charge < -0.3 is 14.6 Å². The molecule has 3 aromatic rings. The first-order chi connectivity index (χ1) is 13.3. The lowest BCUT2D eigenvalue weighted by Crippen LogP contribution is -2.52. The summed E-state index contributed by atoms with van der Waals surface area (Å²) in [4.78, 5) is 5.07. The van der Waals surface area contributed by atoms with Gasteiger partial charge in [-0.15, -0.1) is 0 Å². The molecule has 0 amide bonds. The second-order valence-electron chi connectivity index (χ2n) is 8.63. The van der Waals surface area contributed by atoms with Crippen LogP contribution in [0.1, 0.15) is 32.1 Å². The summed E-state index contributed by atoms with van der Waals surface area (Å²) in [7, 11) is 1.70. The fourth-order valence-corrected chi connectivity index (χ4v) is 5.90. The molecule has 1 N–H and O–H groups in total. The van der Waals surface area contributed by atoms with Crippen LogP contribution in [-0.2, 0) is 6.54 Å². The van der Waals surface area contributed by atoms with Gasteiger partial charge in [0.15, 0.2) is 0 Å². The summed E-state index contributed by atoms with van der Waals surface area (Å²) in [6.45, 7) is 1.08. The zero-order chi connectivity index (χ0) is 18.0. The third-order valence-electron chi connectivity index (χ3n) is 7.26. The van der Waals surface area contributed by atoms with Gasteiger partial charge in [0.2, 0.25) is 5.95 Å². The number of imidazole rings is 1. The fourth-order valence-electron chi connectivity index (χ4n) is 5.90. The minimum atomic E-state index is 0.258. The van der Waals surface area contributed by atoms with Gasteiger partial charge in [0.1, 0.15) is 5.75 Å². The van der Waals surface area contributed by atoms with E-state index >= 15 is 0 Å². The van der Waals surface area contributed by atoms with Gasteiger partial charge in [0.05, 0.1) is 23.7 Å². The molecule has 2 aromatic carbocycles. The molecule has 1 aromatic heterocycles. The highest BCUT2D eigenvalue weighted by Crippen LogP contribution is 2.52. The monoisotopic (exact) mass is 359 g/mol. The predicted molar refractivity (Wildman–Crippen MR) is 108 cm³/mol. The fraction of sp³-hybridized carbons (Fsp3) is 0.435. The first-order valence-electron chi connectivity index (χ1n) is 10.2. The van der Waals surface area contributed by atoms with E-state index in [4.69, 9.17) is 9.72 Å². The van der Waals surface area contributed by atoms with Crippen molar-refractivity contribution in [2.75, 3.05) is 12.4 Å². The second-order valence-corrected chi connectivity index (χ2v) is 8.63. The van der Waals surface area contributed by atoms with E-state index in [2.05, 4.69) is 40.2 Å². The van der Waals surface area contributed by atoms with E-state index < -0.39 is 0 Å². The van der Waals surface area contributed by atoms with E-state index in [1.165, 1.54) is 48.7 Å². The molecule has 1 aliphatic heterocycles. The van der Waals surface area contributed by atoms with Gasteiger partial charge >= 0.3 is 0 Å². The molecule has 4 nitrogen and oxygen atoms in total. The summed E-state index contributed by atoms with van der Waals surface area (Å²) in [5, 5.41) is 3.90. The minimum absolute atomic E-state index is 0.258. The molecule has 3 saturated carbocycles. The van der Waals surface area contributed by atoms with Crippen LogP contribution in [0.3, 0.4) is 0 Å². The molecule has 0 unspecified atom stereocenters. The summed E-state index contributed by atoms with van der Waals surface area (Å²) in [6.07, 6.45) is 6.95. The predicted octanol–water partition coefficient (Wildman–Crippen LogP) is 5.09. The van der Waals surface area contributed by atoms with Crippen LogP contribution in [0.4, 0.5) is 5.95 Å². The lowest BCUT2D eigenvalue weighted by Gasteiger charge is -2.49. The van der Waals surface area contributed by atoms with Crippen LogP contribution in [0.2, 0.25) is 0 Å². The van der Waals surface area contributed by atoms with Crippen molar-refractivity contribution >= 4 is 17.0 Å². The number of rotatable bonds is 2. The summed E-state index contributed by atoms with van der Waals surface area (Å²) < 4.78 is 7.73. The van der Waals surface area contributed by atoms with Gasteiger partial charge in [-0.25, -0.2) is 4.98 Å². The summed E-state index contributed by atoms with van der Waals surface area (Å²) in [5.41, 5.74) is 4.99. The molecule has 3 aliphatic carbocycles. The van der Waals surface area contributed by atoms with Gasteiger partial charge in [-0.1, -0.05) is 37.1 Å². The summed E-state index contributed by atoms with van der Waals surface area (Å²) in [5.74, 6) is 3.67. The van der Waals surface area contributed by atoms with Crippen molar-refractivity contribution in [3.8, 4) is 16.9 Å². The summed E-state index contributed by atoms with van der Waals surface area (Å²) in [6, 6.07) is 14.8. The Bertz CT molecular complexity index is 1010. The Balaban J connectivity index is 1.41. The van der Waals surface area contributed by atoms with Crippen molar-refractivity contribution in [3.05, 3.63) is 42.5 Å². The maximum Gasteiger partial charge on any atom is 0.204 e. The topological polar surface area (TPSA) is 39.1 Å². The average molecular weight is 359 g/mol. The molecule has 0 saturated heterocycles. The van der Waals surface area contributed by atoms with Crippen LogP contribution >= 0.6 is 0 Å². The average Bonchev–Trinajstić information content (AvgIpc) is 3.23. The third kappa shape index (κ3) is 2.19. The number of anilines is 1. The first-order valence-corrected chi connectivity index (χ1v) is 10.2. The number of methoxy groups -OCH3 is 1. The Labute approximate surface area is 159 Å². The minimum Gasteiger partial charge on any atom is -0.497 e. The van der Waals surface area contributed by atoms with Crippen LogP contribution in [0.25, 0.3) is 22.2 Å². The molecular formula is C23H25N3O. The number of ether oxygens (including phenoxy) is 1. The highest BCUT2D eigenvalue weighted by atomic mass is 16.5. The lowest BCUT2D eigenvalue weighted by atomic mass is 9.60. The van der Waals surface area contributed by atoms with E-state index in [-0.39, 0.29) is 5.54 Å². The lowest BCUT2D eigenvalue weighted by molar-refractivity contribution is 0.0822. The third-order valence-corrected chi connectivity index (χ3v) is 7.26. The second kappa shape index (κ2) is 5.51. The van der Waals surface area contributed by atoms with Crippen molar-refractivity contribution in [1.29, 1.82) is 0 Å². The largest absolute Gasteiger partial charge is 0.497 e. The first kappa shape index (κ1) is 15.6. The van der Waals surface area contributed by atoms with Crippen molar-refractivity contribution in [3.63, 3.8) is 0 Å². The number of hydrogen-bond donors (Lipinski definition) is 1. The quantitative estimate of drug-likeness (QED) is 0.693.